The zero-order valence-electron chi connectivity index (χ0n) is 19.4. The Morgan fingerprint density at radius 1 is 1.09 bits per heavy atom. The maximum Gasteiger partial charge on any atom is 0.348 e. The number of aromatic nitrogens is 2. The summed E-state index contributed by atoms with van der Waals surface area (Å²) in [5, 5.41) is 8.08. The SMILES string of the molecule is Cc1nn(-c2ccccc2)c2sc(C(=O)OCCNC(=O)c3cccc(S(=O)(=O)N(C)C)c3)cc12. The highest BCUT2D eigenvalue weighted by atomic mass is 32.2. The highest BCUT2D eigenvalue weighted by Crippen LogP contribution is 2.30. The molecule has 11 heteroatoms. The third kappa shape index (κ3) is 5.11. The molecule has 0 saturated heterocycles. The molecule has 4 rings (SSSR count). The number of amides is 1. The van der Waals surface area contributed by atoms with Gasteiger partial charge in [0, 0.05) is 25.0 Å². The second-order valence-electron chi connectivity index (χ2n) is 7.87. The van der Waals surface area contributed by atoms with E-state index in [1.165, 1.54) is 49.7 Å². The third-order valence-corrected chi connectivity index (χ3v) is 8.14. The fraction of sp³-hybridized carbons (Fsp3) is 0.208. The van der Waals surface area contributed by atoms with Crippen molar-refractivity contribution in [2.75, 3.05) is 27.2 Å². The molecule has 1 N–H and O–H groups in total. The number of hydrogen-bond donors (Lipinski definition) is 1. The maximum atomic E-state index is 12.6. The summed E-state index contributed by atoms with van der Waals surface area (Å²) in [7, 11) is -0.806. The molecule has 182 valence electrons. The first-order valence-corrected chi connectivity index (χ1v) is 13.0. The lowest BCUT2D eigenvalue weighted by Crippen LogP contribution is -2.28. The zero-order chi connectivity index (χ0) is 25.2. The molecule has 0 aliphatic rings. The van der Waals surface area contributed by atoms with Gasteiger partial charge in [0.15, 0.2) is 0 Å². The number of nitrogens with one attached hydrogen (secondary N) is 1. The van der Waals surface area contributed by atoms with Gasteiger partial charge in [-0.05, 0) is 43.3 Å². The number of esters is 1. The first-order chi connectivity index (χ1) is 16.7. The lowest BCUT2D eigenvalue weighted by Gasteiger charge is -2.12. The van der Waals surface area contributed by atoms with Gasteiger partial charge in [0.25, 0.3) is 5.91 Å². The number of para-hydroxylation sites is 1. The van der Waals surface area contributed by atoms with E-state index in [4.69, 9.17) is 4.74 Å². The molecule has 0 spiro atoms. The van der Waals surface area contributed by atoms with Crippen molar-refractivity contribution in [1.29, 1.82) is 0 Å². The average molecular weight is 513 g/mol. The van der Waals surface area contributed by atoms with Crippen LogP contribution in [0.3, 0.4) is 0 Å². The minimum absolute atomic E-state index is 0.0238. The molecule has 2 heterocycles. The highest BCUT2D eigenvalue weighted by molar-refractivity contribution is 7.89. The number of hydrogen-bond acceptors (Lipinski definition) is 7. The van der Waals surface area contributed by atoms with Crippen molar-refractivity contribution >= 4 is 43.5 Å². The summed E-state index contributed by atoms with van der Waals surface area (Å²) in [6.45, 7) is 1.94. The van der Waals surface area contributed by atoms with E-state index in [2.05, 4.69) is 10.4 Å². The molecule has 1 amide bonds. The number of fused-ring (bicyclic) bond motifs is 1. The van der Waals surface area contributed by atoms with Crippen molar-refractivity contribution in [3.63, 3.8) is 0 Å². The predicted molar refractivity (Wildman–Crippen MR) is 134 cm³/mol. The van der Waals surface area contributed by atoms with Gasteiger partial charge in [0.05, 0.1) is 22.8 Å². The summed E-state index contributed by atoms with van der Waals surface area (Å²) in [4.78, 5) is 26.3. The Hall–Kier alpha value is -3.54. The first-order valence-electron chi connectivity index (χ1n) is 10.7. The number of nitrogens with zero attached hydrogens (tertiary/aromatic N) is 3. The Morgan fingerprint density at radius 3 is 2.54 bits per heavy atom. The van der Waals surface area contributed by atoms with Crippen molar-refractivity contribution in [3.8, 4) is 5.69 Å². The quantitative estimate of drug-likeness (QED) is 0.287. The Bertz CT molecular complexity index is 1490. The van der Waals surface area contributed by atoms with Crippen LogP contribution in [0.5, 0.6) is 0 Å². The molecule has 0 aliphatic heterocycles. The van der Waals surface area contributed by atoms with E-state index in [1.807, 2.05) is 37.3 Å². The van der Waals surface area contributed by atoms with Crippen LogP contribution in [0.15, 0.2) is 65.6 Å². The number of aryl methyl sites for hydroxylation is 1. The lowest BCUT2D eigenvalue weighted by atomic mass is 10.2. The molecule has 0 fully saturated rings. The predicted octanol–water partition coefficient (Wildman–Crippen LogP) is 3.23. The molecule has 0 radical (unpaired) electrons. The molecule has 0 atom stereocenters. The summed E-state index contributed by atoms with van der Waals surface area (Å²) < 4.78 is 32.8. The van der Waals surface area contributed by atoms with Gasteiger partial charge in [-0.15, -0.1) is 11.3 Å². The van der Waals surface area contributed by atoms with Crippen LogP contribution in [0.1, 0.15) is 25.7 Å². The fourth-order valence-corrected chi connectivity index (χ4v) is 5.41. The van der Waals surface area contributed by atoms with Crippen molar-refractivity contribution in [1.82, 2.24) is 19.4 Å². The van der Waals surface area contributed by atoms with E-state index < -0.39 is 21.9 Å². The van der Waals surface area contributed by atoms with E-state index in [9.17, 15) is 18.0 Å². The summed E-state index contributed by atoms with van der Waals surface area (Å²) >= 11 is 1.29. The number of thiophene rings is 1. The van der Waals surface area contributed by atoms with E-state index in [0.717, 1.165) is 25.9 Å². The smallest absolute Gasteiger partial charge is 0.348 e. The summed E-state index contributed by atoms with van der Waals surface area (Å²) in [6.07, 6.45) is 0. The molecular weight excluding hydrogens is 488 g/mol. The van der Waals surface area contributed by atoms with Gasteiger partial charge in [-0.1, -0.05) is 24.3 Å². The topological polar surface area (TPSA) is 111 Å². The molecule has 35 heavy (non-hydrogen) atoms. The van der Waals surface area contributed by atoms with Crippen molar-refractivity contribution in [2.24, 2.45) is 0 Å². The number of rotatable bonds is 8. The van der Waals surface area contributed by atoms with Gasteiger partial charge >= 0.3 is 5.97 Å². The van der Waals surface area contributed by atoms with Crippen molar-refractivity contribution < 1.29 is 22.7 Å². The third-order valence-electron chi connectivity index (χ3n) is 5.24. The zero-order valence-corrected chi connectivity index (χ0v) is 21.0. The number of carbonyl (C=O) groups excluding carboxylic acids is 2. The average Bonchev–Trinajstić information content (AvgIpc) is 3.42. The van der Waals surface area contributed by atoms with Crippen LogP contribution in [-0.2, 0) is 14.8 Å². The van der Waals surface area contributed by atoms with Gasteiger partial charge in [-0.2, -0.15) is 5.10 Å². The van der Waals surface area contributed by atoms with E-state index in [1.54, 1.807) is 10.7 Å². The second kappa shape index (κ2) is 9.98. The minimum atomic E-state index is -3.65. The first kappa shape index (κ1) is 24.6. The highest BCUT2D eigenvalue weighted by Gasteiger charge is 2.20. The van der Waals surface area contributed by atoms with Crippen LogP contribution in [-0.4, -0.2) is 61.6 Å². The molecule has 4 aromatic rings. The molecule has 0 unspecified atom stereocenters. The molecule has 0 bridgehead atoms. The summed E-state index contributed by atoms with van der Waals surface area (Å²) in [5.41, 5.74) is 1.91. The van der Waals surface area contributed by atoms with Crippen LogP contribution in [0, 0.1) is 6.92 Å². The number of ether oxygens (including phenoxy) is 1. The molecular formula is C24H24N4O5S2. The van der Waals surface area contributed by atoms with Gasteiger partial charge in [-0.25, -0.2) is 22.2 Å². The van der Waals surface area contributed by atoms with Crippen molar-refractivity contribution in [2.45, 2.75) is 11.8 Å². The Balaban J connectivity index is 1.37. The van der Waals surface area contributed by atoms with Gasteiger partial charge < -0.3 is 10.1 Å². The Labute approximate surface area is 207 Å². The number of carbonyl (C=O) groups is 2. The molecule has 2 aromatic carbocycles. The van der Waals surface area contributed by atoms with E-state index in [-0.39, 0.29) is 23.6 Å². The van der Waals surface area contributed by atoms with Crippen LogP contribution in [0.25, 0.3) is 15.9 Å². The maximum absolute atomic E-state index is 12.6. The van der Waals surface area contributed by atoms with Gasteiger partial charge in [-0.3, -0.25) is 4.79 Å². The summed E-state index contributed by atoms with van der Waals surface area (Å²) in [6, 6.07) is 17.2. The number of benzene rings is 2. The minimum Gasteiger partial charge on any atom is -0.460 e. The van der Waals surface area contributed by atoms with Gasteiger partial charge in [0.1, 0.15) is 16.3 Å². The molecule has 0 aliphatic carbocycles. The normalized spacial score (nSPS) is 11.7. The fourth-order valence-electron chi connectivity index (χ4n) is 3.38. The van der Waals surface area contributed by atoms with Crippen LogP contribution in [0.4, 0.5) is 0 Å². The van der Waals surface area contributed by atoms with E-state index >= 15 is 0 Å². The summed E-state index contributed by atoms with van der Waals surface area (Å²) in [5.74, 6) is -0.948. The van der Waals surface area contributed by atoms with Gasteiger partial charge in [0.2, 0.25) is 10.0 Å². The van der Waals surface area contributed by atoms with E-state index in [0.29, 0.717) is 4.88 Å². The standard InChI is InChI=1S/C24H24N4O5S2/c1-16-20-15-21(34-23(20)28(26-16)18-9-5-4-6-10-18)24(30)33-13-12-25-22(29)17-8-7-11-19(14-17)35(31,32)27(2)3/h4-11,14-15H,12-13H2,1-3H3,(H,25,29). The molecule has 0 saturated carbocycles. The number of sulfonamides is 1. The van der Waals surface area contributed by atoms with Crippen LogP contribution < -0.4 is 5.32 Å². The molecule has 9 nitrogen and oxygen atoms in total. The largest absolute Gasteiger partial charge is 0.460 e. The monoisotopic (exact) mass is 512 g/mol. The van der Waals surface area contributed by atoms with Crippen molar-refractivity contribution in [3.05, 3.63) is 76.8 Å². The van der Waals surface area contributed by atoms with Crippen LogP contribution in [0.2, 0.25) is 0 Å². The second-order valence-corrected chi connectivity index (χ2v) is 11.1. The Morgan fingerprint density at radius 2 is 1.83 bits per heavy atom. The van der Waals surface area contributed by atoms with Crippen LogP contribution >= 0.6 is 11.3 Å². The molecule has 2 aromatic heterocycles. The lowest BCUT2D eigenvalue weighted by molar-refractivity contribution is 0.0509. The Kier molecular flexibility index (Phi) is 7.01.